The van der Waals surface area contributed by atoms with E-state index in [4.69, 9.17) is 14.6 Å². The van der Waals surface area contributed by atoms with Crippen LogP contribution in [0.25, 0.3) is 0 Å². The van der Waals surface area contributed by atoms with E-state index >= 15 is 0 Å². The Labute approximate surface area is 141 Å². The SMILES string of the molecule is COCC(C)(NC(=O)COc1ccccc1OCC(F)(F)F)C(=O)O. The van der Waals surface area contributed by atoms with Gasteiger partial charge in [0.05, 0.1) is 6.61 Å². The largest absolute Gasteiger partial charge is 0.480 e. The summed E-state index contributed by atoms with van der Waals surface area (Å²) in [5.41, 5.74) is -1.67. The van der Waals surface area contributed by atoms with Crippen LogP contribution >= 0.6 is 0 Å². The van der Waals surface area contributed by atoms with Crippen molar-refractivity contribution in [3.05, 3.63) is 24.3 Å². The lowest BCUT2D eigenvalue weighted by molar-refractivity contribution is -0.153. The van der Waals surface area contributed by atoms with Gasteiger partial charge >= 0.3 is 12.1 Å². The summed E-state index contributed by atoms with van der Waals surface area (Å²) < 4.78 is 51.2. The Kier molecular flexibility index (Phi) is 7.04. The lowest BCUT2D eigenvalue weighted by Crippen LogP contribution is -2.56. The number of ether oxygens (including phenoxy) is 3. The Hall–Kier alpha value is -2.49. The maximum atomic E-state index is 12.2. The first-order chi connectivity index (χ1) is 11.6. The molecular weight excluding hydrogens is 347 g/mol. The highest BCUT2D eigenvalue weighted by Crippen LogP contribution is 2.28. The van der Waals surface area contributed by atoms with Crippen LogP contribution in [0.3, 0.4) is 0 Å². The monoisotopic (exact) mass is 365 g/mol. The smallest absolute Gasteiger partial charge is 0.422 e. The Morgan fingerprint density at radius 3 is 2.16 bits per heavy atom. The molecule has 0 fully saturated rings. The third kappa shape index (κ3) is 6.87. The molecule has 1 rings (SSSR count). The molecule has 0 spiro atoms. The van der Waals surface area contributed by atoms with E-state index in [9.17, 15) is 22.8 Å². The van der Waals surface area contributed by atoms with Crippen molar-refractivity contribution < 1.29 is 42.1 Å². The molecule has 10 heteroatoms. The summed E-state index contributed by atoms with van der Waals surface area (Å²) in [6, 6.07) is 5.51. The molecule has 0 heterocycles. The highest BCUT2D eigenvalue weighted by molar-refractivity contribution is 5.87. The fourth-order valence-corrected chi connectivity index (χ4v) is 1.78. The minimum atomic E-state index is -4.52. The zero-order valence-electron chi connectivity index (χ0n) is 13.6. The van der Waals surface area contributed by atoms with Gasteiger partial charge in [-0.15, -0.1) is 0 Å². The number of nitrogens with one attached hydrogen (secondary N) is 1. The number of hydrogen-bond donors (Lipinski definition) is 2. The summed E-state index contributed by atoms with van der Waals surface area (Å²) in [6.45, 7) is -1.15. The number of para-hydroxylation sites is 2. The van der Waals surface area contributed by atoms with Gasteiger partial charge in [0, 0.05) is 7.11 Å². The average molecular weight is 365 g/mol. The summed E-state index contributed by atoms with van der Waals surface area (Å²) in [4.78, 5) is 23.1. The van der Waals surface area contributed by atoms with Crippen molar-refractivity contribution in [1.82, 2.24) is 5.32 Å². The fraction of sp³-hybridized carbons (Fsp3) is 0.467. The standard InChI is InChI=1S/C15H18F3NO6/c1-14(8-23-2,13(21)22)19-12(20)7-24-10-5-3-4-6-11(10)25-9-15(16,17)18/h3-6H,7-9H2,1-2H3,(H,19,20)(H,21,22). The number of carboxylic acid groups (broad SMARTS) is 1. The molecular formula is C15H18F3NO6. The summed E-state index contributed by atoms with van der Waals surface area (Å²) in [7, 11) is 1.28. The third-order valence-corrected chi connectivity index (χ3v) is 2.92. The van der Waals surface area contributed by atoms with Gasteiger partial charge in [0.15, 0.2) is 30.3 Å². The highest BCUT2D eigenvalue weighted by Gasteiger charge is 2.35. The van der Waals surface area contributed by atoms with Crippen molar-refractivity contribution in [2.45, 2.75) is 18.6 Å². The lowest BCUT2D eigenvalue weighted by atomic mass is 10.0. The molecule has 0 bridgehead atoms. The first-order valence-electron chi connectivity index (χ1n) is 7.02. The van der Waals surface area contributed by atoms with Gasteiger partial charge in [-0.25, -0.2) is 4.79 Å². The number of rotatable bonds is 9. The Morgan fingerprint density at radius 2 is 1.68 bits per heavy atom. The third-order valence-electron chi connectivity index (χ3n) is 2.92. The van der Waals surface area contributed by atoms with E-state index in [0.717, 1.165) is 0 Å². The van der Waals surface area contributed by atoms with Crippen molar-refractivity contribution >= 4 is 11.9 Å². The number of halogens is 3. The summed E-state index contributed by atoms with van der Waals surface area (Å²) in [6.07, 6.45) is -4.52. The molecule has 0 radical (unpaired) electrons. The van der Waals surface area contributed by atoms with Crippen molar-refractivity contribution in [3.8, 4) is 11.5 Å². The number of benzene rings is 1. The molecule has 0 aliphatic carbocycles. The minimum absolute atomic E-state index is 0.0781. The molecule has 7 nitrogen and oxygen atoms in total. The van der Waals surface area contributed by atoms with Gasteiger partial charge in [0.25, 0.3) is 5.91 Å². The second kappa shape index (κ2) is 8.56. The number of carbonyl (C=O) groups excluding carboxylic acids is 1. The fourth-order valence-electron chi connectivity index (χ4n) is 1.78. The molecule has 0 aromatic heterocycles. The second-order valence-corrected chi connectivity index (χ2v) is 5.26. The van der Waals surface area contributed by atoms with Crippen molar-refractivity contribution in [2.24, 2.45) is 0 Å². The van der Waals surface area contributed by atoms with Crippen molar-refractivity contribution in [3.63, 3.8) is 0 Å². The molecule has 1 aromatic carbocycles. The quantitative estimate of drug-likeness (QED) is 0.691. The van der Waals surface area contributed by atoms with Gasteiger partial charge in [0.1, 0.15) is 0 Å². The van der Waals surface area contributed by atoms with E-state index in [1.165, 1.54) is 38.3 Å². The number of hydrogen-bond acceptors (Lipinski definition) is 5. The number of carboxylic acids is 1. The van der Waals surface area contributed by atoms with E-state index in [-0.39, 0.29) is 18.1 Å². The zero-order chi connectivity index (χ0) is 19.1. The van der Waals surface area contributed by atoms with Gasteiger partial charge in [-0.3, -0.25) is 4.79 Å². The maximum absolute atomic E-state index is 12.2. The van der Waals surface area contributed by atoms with Crippen molar-refractivity contribution in [1.29, 1.82) is 0 Å². The van der Waals surface area contributed by atoms with Crippen LogP contribution in [0.5, 0.6) is 11.5 Å². The topological polar surface area (TPSA) is 94.1 Å². The average Bonchev–Trinajstić information content (AvgIpc) is 2.51. The van der Waals surface area contributed by atoms with Crippen LogP contribution in [0.15, 0.2) is 24.3 Å². The van der Waals surface area contributed by atoms with Crippen LogP contribution in [0.1, 0.15) is 6.92 Å². The molecule has 0 saturated heterocycles. The maximum Gasteiger partial charge on any atom is 0.422 e. The van der Waals surface area contributed by atoms with E-state index < -0.39 is 36.8 Å². The van der Waals surface area contributed by atoms with E-state index in [0.29, 0.717) is 0 Å². The Morgan fingerprint density at radius 1 is 1.12 bits per heavy atom. The molecule has 25 heavy (non-hydrogen) atoms. The normalized spacial score (nSPS) is 13.6. The van der Waals surface area contributed by atoms with Gasteiger partial charge in [-0.05, 0) is 19.1 Å². The summed E-state index contributed by atoms with van der Waals surface area (Å²) in [5.74, 6) is -2.36. The van der Waals surface area contributed by atoms with E-state index in [1.54, 1.807) is 0 Å². The first-order valence-corrected chi connectivity index (χ1v) is 7.02. The van der Waals surface area contributed by atoms with Crippen LogP contribution < -0.4 is 14.8 Å². The van der Waals surface area contributed by atoms with Crippen molar-refractivity contribution in [2.75, 3.05) is 26.9 Å². The number of amides is 1. The number of methoxy groups -OCH3 is 1. The molecule has 2 N–H and O–H groups in total. The van der Waals surface area contributed by atoms with E-state index in [2.05, 4.69) is 10.1 Å². The van der Waals surface area contributed by atoms with Gasteiger partial charge in [-0.1, -0.05) is 12.1 Å². The van der Waals surface area contributed by atoms with Crippen LogP contribution in [0.4, 0.5) is 13.2 Å². The lowest BCUT2D eigenvalue weighted by Gasteiger charge is -2.25. The number of carbonyl (C=O) groups is 2. The second-order valence-electron chi connectivity index (χ2n) is 5.26. The van der Waals surface area contributed by atoms with Crippen LogP contribution in [0.2, 0.25) is 0 Å². The highest BCUT2D eigenvalue weighted by atomic mass is 19.4. The minimum Gasteiger partial charge on any atom is -0.480 e. The Balaban J connectivity index is 2.68. The molecule has 140 valence electrons. The number of aliphatic carboxylic acids is 1. The van der Waals surface area contributed by atoms with Gasteiger partial charge in [-0.2, -0.15) is 13.2 Å². The summed E-state index contributed by atoms with van der Waals surface area (Å²) >= 11 is 0. The molecule has 1 atom stereocenters. The van der Waals surface area contributed by atoms with E-state index in [1.807, 2.05) is 0 Å². The summed E-state index contributed by atoms with van der Waals surface area (Å²) in [5, 5.41) is 11.4. The predicted octanol–water partition coefficient (Wildman–Crippen LogP) is 1.61. The molecule has 0 aliphatic heterocycles. The molecule has 1 amide bonds. The molecule has 1 aromatic rings. The molecule has 0 saturated carbocycles. The predicted molar refractivity (Wildman–Crippen MR) is 79.5 cm³/mol. The number of alkyl halides is 3. The first kappa shape index (κ1) is 20.6. The van der Waals surface area contributed by atoms with Crippen LogP contribution in [-0.2, 0) is 14.3 Å². The Bertz CT molecular complexity index is 607. The molecule has 1 unspecified atom stereocenters. The van der Waals surface area contributed by atoms with Crippen LogP contribution in [0, 0.1) is 0 Å². The molecule has 0 aliphatic rings. The van der Waals surface area contributed by atoms with Crippen LogP contribution in [-0.4, -0.2) is 55.6 Å². The zero-order valence-corrected chi connectivity index (χ0v) is 13.6. The van der Waals surface area contributed by atoms with Gasteiger partial charge < -0.3 is 24.6 Å². The van der Waals surface area contributed by atoms with Gasteiger partial charge in [0.2, 0.25) is 0 Å².